The van der Waals surface area contributed by atoms with Crippen molar-refractivity contribution in [2.24, 2.45) is 0 Å². The SMILES string of the molecule is Cc1cc(C(=O)NCCSCCCO)cc(Cl)n1. The molecule has 1 rings (SSSR count). The van der Waals surface area contributed by atoms with Crippen molar-refractivity contribution in [3.05, 3.63) is 28.5 Å². The van der Waals surface area contributed by atoms with Crippen molar-refractivity contribution < 1.29 is 9.90 Å². The van der Waals surface area contributed by atoms with E-state index in [4.69, 9.17) is 16.7 Å². The Morgan fingerprint density at radius 3 is 2.94 bits per heavy atom. The van der Waals surface area contributed by atoms with Crippen LogP contribution < -0.4 is 5.32 Å². The van der Waals surface area contributed by atoms with Crippen LogP contribution in [0.5, 0.6) is 0 Å². The molecule has 2 N–H and O–H groups in total. The molecular weight excluding hydrogens is 272 g/mol. The smallest absolute Gasteiger partial charge is 0.251 e. The number of halogens is 1. The van der Waals surface area contributed by atoms with Gasteiger partial charge in [-0.3, -0.25) is 4.79 Å². The van der Waals surface area contributed by atoms with E-state index in [1.54, 1.807) is 30.8 Å². The third kappa shape index (κ3) is 5.71. The molecule has 0 atom stereocenters. The summed E-state index contributed by atoms with van der Waals surface area (Å²) >= 11 is 7.50. The number of hydrogen-bond acceptors (Lipinski definition) is 4. The van der Waals surface area contributed by atoms with Crippen LogP contribution in [-0.4, -0.2) is 40.7 Å². The molecule has 100 valence electrons. The Balaban J connectivity index is 2.32. The van der Waals surface area contributed by atoms with Crippen LogP contribution in [0, 0.1) is 6.92 Å². The molecule has 0 aliphatic rings. The number of pyridine rings is 1. The van der Waals surface area contributed by atoms with Crippen LogP contribution in [0.15, 0.2) is 12.1 Å². The average molecular weight is 289 g/mol. The highest BCUT2D eigenvalue weighted by molar-refractivity contribution is 7.99. The van der Waals surface area contributed by atoms with E-state index in [1.165, 1.54) is 0 Å². The normalized spacial score (nSPS) is 10.4. The molecular formula is C12H17ClN2O2S. The lowest BCUT2D eigenvalue weighted by Gasteiger charge is -2.06. The quantitative estimate of drug-likeness (QED) is 0.594. The zero-order chi connectivity index (χ0) is 13.4. The van der Waals surface area contributed by atoms with Gasteiger partial charge in [-0.15, -0.1) is 0 Å². The average Bonchev–Trinajstić information content (AvgIpc) is 2.32. The Morgan fingerprint density at radius 1 is 1.50 bits per heavy atom. The van der Waals surface area contributed by atoms with Gasteiger partial charge in [0.15, 0.2) is 0 Å². The minimum atomic E-state index is -0.134. The van der Waals surface area contributed by atoms with Crippen molar-refractivity contribution in [3.63, 3.8) is 0 Å². The van der Waals surface area contributed by atoms with Crippen LogP contribution in [-0.2, 0) is 0 Å². The van der Waals surface area contributed by atoms with Crippen molar-refractivity contribution in [1.29, 1.82) is 0 Å². The first kappa shape index (κ1) is 15.3. The largest absolute Gasteiger partial charge is 0.396 e. The Hall–Kier alpha value is -0.780. The van der Waals surface area contributed by atoms with Gasteiger partial charge in [-0.1, -0.05) is 11.6 Å². The fraction of sp³-hybridized carbons (Fsp3) is 0.500. The van der Waals surface area contributed by atoms with E-state index in [9.17, 15) is 4.79 Å². The van der Waals surface area contributed by atoms with Gasteiger partial charge in [0.25, 0.3) is 5.91 Å². The second kappa shape index (κ2) is 8.34. The molecule has 1 heterocycles. The minimum absolute atomic E-state index is 0.134. The van der Waals surface area contributed by atoms with Crippen LogP contribution in [0.2, 0.25) is 5.15 Å². The lowest BCUT2D eigenvalue weighted by Crippen LogP contribution is -2.26. The summed E-state index contributed by atoms with van der Waals surface area (Å²) in [5.41, 5.74) is 1.26. The first-order valence-electron chi connectivity index (χ1n) is 5.74. The Bertz CT molecular complexity index is 381. The van der Waals surface area contributed by atoms with Crippen molar-refractivity contribution in [2.45, 2.75) is 13.3 Å². The Labute approximate surface area is 116 Å². The number of thioether (sulfide) groups is 1. The third-order valence-corrected chi connectivity index (χ3v) is 3.43. The maximum atomic E-state index is 11.8. The van der Waals surface area contributed by atoms with E-state index in [0.717, 1.165) is 23.6 Å². The number of carbonyl (C=O) groups is 1. The first-order valence-corrected chi connectivity index (χ1v) is 7.27. The molecule has 1 aromatic rings. The van der Waals surface area contributed by atoms with Crippen LogP contribution in [0.3, 0.4) is 0 Å². The van der Waals surface area contributed by atoms with Gasteiger partial charge >= 0.3 is 0 Å². The van der Waals surface area contributed by atoms with Gasteiger partial charge < -0.3 is 10.4 Å². The first-order chi connectivity index (χ1) is 8.63. The van der Waals surface area contributed by atoms with Crippen molar-refractivity contribution >= 4 is 29.3 Å². The van der Waals surface area contributed by atoms with Crippen LogP contribution in [0.4, 0.5) is 0 Å². The molecule has 0 saturated carbocycles. The minimum Gasteiger partial charge on any atom is -0.396 e. The molecule has 0 saturated heterocycles. The predicted octanol–water partition coefficient (Wildman–Crippen LogP) is 1.89. The number of aliphatic hydroxyl groups is 1. The van der Waals surface area contributed by atoms with Gasteiger partial charge in [0.1, 0.15) is 5.15 Å². The molecule has 0 aliphatic carbocycles. The zero-order valence-corrected chi connectivity index (χ0v) is 11.9. The number of aliphatic hydroxyl groups excluding tert-OH is 1. The van der Waals surface area contributed by atoms with Crippen LogP contribution >= 0.6 is 23.4 Å². The summed E-state index contributed by atoms with van der Waals surface area (Å²) in [6, 6.07) is 3.27. The van der Waals surface area contributed by atoms with E-state index in [-0.39, 0.29) is 12.5 Å². The number of amides is 1. The molecule has 6 heteroatoms. The Morgan fingerprint density at radius 2 is 2.28 bits per heavy atom. The van der Waals surface area contributed by atoms with Gasteiger partial charge in [-0.25, -0.2) is 4.98 Å². The molecule has 1 amide bonds. The van der Waals surface area contributed by atoms with E-state index in [1.807, 2.05) is 0 Å². The highest BCUT2D eigenvalue weighted by Gasteiger charge is 2.07. The summed E-state index contributed by atoms with van der Waals surface area (Å²) in [5.74, 6) is 1.61. The number of aryl methyl sites for hydroxylation is 1. The fourth-order valence-electron chi connectivity index (χ4n) is 1.37. The number of hydrogen-bond donors (Lipinski definition) is 2. The molecule has 1 aromatic heterocycles. The molecule has 0 radical (unpaired) electrons. The van der Waals surface area contributed by atoms with Crippen LogP contribution in [0.25, 0.3) is 0 Å². The topological polar surface area (TPSA) is 62.2 Å². The zero-order valence-electron chi connectivity index (χ0n) is 10.3. The van der Waals surface area contributed by atoms with Crippen molar-refractivity contribution in [2.75, 3.05) is 24.7 Å². The second-order valence-corrected chi connectivity index (χ2v) is 5.38. The number of nitrogens with zero attached hydrogens (tertiary/aromatic N) is 1. The summed E-state index contributed by atoms with van der Waals surface area (Å²) in [6.07, 6.45) is 0.789. The van der Waals surface area contributed by atoms with E-state index in [0.29, 0.717) is 17.3 Å². The Kier molecular flexibility index (Phi) is 7.08. The summed E-state index contributed by atoms with van der Waals surface area (Å²) in [6.45, 7) is 2.62. The van der Waals surface area contributed by atoms with Crippen LogP contribution in [0.1, 0.15) is 22.5 Å². The highest BCUT2D eigenvalue weighted by Crippen LogP contribution is 2.10. The lowest BCUT2D eigenvalue weighted by atomic mass is 10.2. The third-order valence-electron chi connectivity index (χ3n) is 2.16. The van der Waals surface area contributed by atoms with E-state index < -0.39 is 0 Å². The summed E-state index contributed by atoms with van der Waals surface area (Å²) in [4.78, 5) is 15.8. The second-order valence-electron chi connectivity index (χ2n) is 3.77. The predicted molar refractivity (Wildman–Crippen MR) is 75.3 cm³/mol. The van der Waals surface area contributed by atoms with Gasteiger partial charge in [0.05, 0.1) is 0 Å². The fourth-order valence-corrected chi connectivity index (χ4v) is 2.40. The maximum absolute atomic E-state index is 11.8. The highest BCUT2D eigenvalue weighted by atomic mass is 35.5. The summed E-state index contributed by atoms with van der Waals surface area (Å²) in [5, 5.41) is 11.8. The van der Waals surface area contributed by atoms with Gasteiger partial charge in [0, 0.05) is 30.2 Å². The van der Waals surface area contributed by atoms with Crippen molar-refractivity contribution in [3.8, 4) is 0 Å². The van der Waals surface area contributed by atoms with Crippen molar-refractivity contribution in [1.82, 2.24) is 10.3 Å². The summed E-state index contributed by atoms with van der Waals surface area (Å²) in [7, 11) is 0. The van der Waals surface area contributed by atoms with Gasteiger partial charge in [0.2, 0.25) is 0 Å². The molecule has 0 spiro atoms. The van der Waals surface area contributed by atoms with Gasteiger partial charge in [-0.2, -0.15) is 11.8 Å². The number of aromatic nitrogens is 1. The molecule has 0 aromatic carbocycles. The molecule has 0 aliphatic heterocycles. The maximum Gasteiger partial charge on any atom is 0.251 e. The lowest BCUT2D eigenvalue weighted by molar-refractivity contribution is 0.0956. The molecule has 0 fully saturated rings. The molecule has 0 unspecified atom stereocenters. The van der Waals surface area contributed by atoms with E-state index in [2.05, 4.69) is 10.3 Å². The number of nitrogens with one attached hydrogen (secondary N) is 1. The molecule has 4 nitrogen and oxygen atoms in total. The van der Waals surface area contributed by atoms with Gasteiger partial charge in [-0.05, 0) is 31.2 Å². The number of carbonyl (C=O) groups excluding carboxylic acids is 1. The molecule has 0 bridgehead atoms. The monoisotopic (exact) mass is 288 g/mol. The van der Waals surface area contributed by atoms with E-state index >= 15 is 0 Å². The standard InChI is InChI=1S/C12H17ClN2O2S/c1-9-7-10(8-11(13)15-9)12(17)14-3-6-18-5-2-4-16/h7-8,16H,2-6H2,1H3,(H,14,17). The number of rotatable bonds is 7. The summed E-state index contributed by atoms with van der Waals surface area (Å²) < 4.78 is 0. The molecule has 18 heavy (non-hydrogen) atoms.